The van der Waals surface area contributed by atoms with Crippen LogP contribution in [0.3, 0.4) is 0 Å². The molecule has 0 bridgehead atoms. The zero-order chi connectivity index (χ0) is 17.3. The molecule has 0 nitrogen and oxygen atoms in total. The van der Waals surface area contributed by atoms with Gasteiger partial charge in [0, 0.05) is 0 Å². The highest BCUT2D eigenvalue weighted by Gasteiger charge is 2.44. The lowest BCUT2D eigenvalue weighted by Crippen LogP contribution is -2.40. The second-order valence-electron chi connectivity index (χ2n) is 8.45. The van der Waals surface area contributed by atoms with Crippen LogP contribution in [0.25, 0.3) is 0 Å². The Balaban J connectivity index is 1.55. The summed E-state index contributed by atoms with van der Waals surface area (Å²) in [6, 6.07) is 0. The van der Waals surface area contributed by atoms with Crippen molar-refractivity contribution in [3.05, 3.63) is 11.6 Å². The van der Waals surface area contributed by atoms with Gasteiger partial charge in [0.05, 0.1) is 5.92 Å². The van der Waals surface area contributed by atoms with Crippen molar-refractivity contribution in [1.29, 1.82) is 0 Å². The molecule has 24 heavy (non-hydrogen) atoms. The first-order chi connectivity index (χ1) is 11.5. The van der Waals surface area contributed by atoms with Crippen LogP contribution >= 0.6 is 0 Å². The average molecular weight is 346 g/mol. The molecular formula is C20H30F4. The Morgan fingerprint density at radius 2 is 1.54 bits per heavy atom. The summed E-state index contributed by atoms with van der Waals surface area (Å²) in [6.45, 7) is 2.32. The highest BCUT2D eigenvalue weighted by atomic mass is 19.3. The van der Waals surface area contributed by atoms with Crippen LogP contribution in [0, 0.1) is 29.6 Å². The van der Waals surface area contributed by atoms with Gasteiger partial charge in [-0.05, 0) is 68.6 Å². The fourth-order valence-corrected chi connectivity index (χ4v) is 5.23. The van der Waals surface area contributed by atoms with Gasteiger partial charge in [-0.25, -0.2) is 17.6 Å². The van der Waals surface area contributed by atoms with Gasteiger partial charge in [0.25, 0.3) is 0 Å². The minimum atomic E-state index is -2.89. The summed E-state index contributed by atoms with van der Waals surface area (Å²) >= 11 is 0. The molecule has 0 aromatic rings. The van der Waals surface area contributed by atoms with Gasteiger partial charge in [-0.1, -0.05) is 31.4 Å². The molecule has 4 heteroatoms. The van der Waals surface area contributed by atoms with Crippen LogP contribution in [-0.4, -0.2) is 18.8 Å². The molecule has 0 saturated heterocycles. The minimum Gasteiger partial charge on any atom is -0.247 e. The van der Waals surface area contributed by atoms with Crippen LogP contribution in [0.2, 0.25) is 0 Å². The Kier molecular flexibility index (Phi) is 5.92. The molecule has 0 N–H and O–H groups in total. The van der Waals surface area contributed by atoms with E-state index in [2.05, 4.69) is 13.0 Å². The van der Waals surface area contributed by atoms with Crippen molar-refractivity contribution in [2.24, 2.45) is 29.6 Å². The van der Waals surface area contributed by atoms with Crippen LogP contribution in [0.5, 0.6) is 0 Å². The molecule has 0 radical (unpaired) electrons. The molecule has 0 amide bonds. The lowest BCUT2D eigenvalue weighted by atomic mass is 9.68. The van der Waals surface area contributed by atoms with Crippen molar-refractivity contribution in [1.82, 2.24) is 0 Å². The largest absolute Gasteiger partial charge is 0.247 e. The zero-order valence-corrected chi connectivity index (χ0v) is 14.6. The Hall–Kier alpha value is -0.540. The summed E-state index contributed by atoms with van der Waals surface area (Å²) in [7, 11) is 0. The van der Waals surface area contributed by atoms with Gasteiger partial charge < -0.3 is 0 Å². The van der Waals surface area contributed by atoms with E-state index in [9.17, 15) is 17.6 Å². The van der Waals surface area contributed by atoms with E-state index < -0.39 is 24.7 Å². The average Bonchev–Trinajstić information content (AvgIpc) is 2.54. The van der Waals surface area contributed by atoms with Crippen LogP contribution in [0.4, 0.5) is 17.6 Å². The molecule has 3 rings (SSSR count). The first kappa shape index (κ1) is 18.3. The number of hydrogen-bond donors (Lipinski definition) is 0. The first-order valence-electron chi connectivity index (χ1n) is 9.71. The molecule has 138 valence electrons. The second kappa shape index (κ2) is 7.78. The van der Waals surface area contributed by atoms with E-state index in [0.29, 0.717) is 5.92 Å². The molecule has 0 aromatic heterocycles. The molecule has 2 saturated carbocycles. The summed E-state index contributed by atoms with van der Waals surface area (Å²) in [5.41, 5.74) is 1.13. The zero-order valence-electron chi connectivity index (χ0n) is 14.6. The third-order valence-corrected chi connectivity index (χ3v) is 6.88. The van der Waals surface area contributed by atoms with Crippen LogP contribution in [-0.2, 0) is 0 Å². The fourth-order valence-electron chi connectivity index (χ4n) is 5.23. The van der Waals surface area contributed by atoms with E-state index in [1.165, 1.54) is 25.7 Å². The Labute approximate surface area is 143 Å². The maximum absolute atomic E-state index is 14.0. The molecule has 0 aromatic carbocycles. The Morgan fingerprint density at radius 1 is 0.917 bits per heavy atom. The lowest BCUT2D eigenvalue weighted by Gasteiger charge is -2.38. The van der Waals surface area contributed by atoms with E-state index in [4.69, 9.17) is 0 Å². The quantitative estimate of drug-likeness (QED) is 0.404. The van der Waals surface area contributed by atoms with E-state index in [-0.39, 0.29) is 18.8 Å². The lowest BCUT2D eigenvalue weighted by molar-refractivity contribution is -0.0492. The predicted octanol–water partition coefficient (Wildman–Crippen LogP) is 6.51. The van der Waals surface area contributed by atoms with Gasteiger partial charge in [-0.3, -0.25) is 0 Å². The smallest absolute Gasteiger partial charge is 0.247 e. The van der Waals surface area contributed by atoms with Crippen molar-refractivity contribution in [2.45, 2.75) is 83.5 Å². The summed E-state index contributed by atoms with van der Waals surface area (Å²) < 4.78 is 53.6. The number of halogens is 4. The third kappa shape index (κ3) is 3.99. The molecule has 3 atom stereocenters. The molecule has 0 aliphatic heterocycles. The van der Waals surface area contributed by atoms with Gasteiger partial charge in [0.1, 0.15) is 12.3 Å². The molecule has 3 unspecified atom stereocenters. The standard InChI is InChI=1S/C20H30F4/c1-12-2-4-13(5-3-12)14-6-8-15(9-7-14)16-10-17(21)19(20(23)24)18(22)11-16/h8,12-14,16-20H,2-7,9-11H2,1H3. The van der Waals surface area contributed by atoms with Gasteiger partial charge in [0.15, 0.2) is 0 Å². The van der Waals surface area contributed by atoms with Crippen molar-refractivity contribution < 1.29 is 17.6 Å². The summed E-state index contributed by atoms with van der Waals surface area (Å²) in [5.74, 6) is 0.473. The molecule has 2 fully saturated rings. The molecule has 0 heterocycles. The fraction of sp³-hybridized carbons (Fsp3) is 0.900. The first-order valence-corrected chi connectivity index (χ1v) is 9.71. The van der Waals surface area contributed by atoms with Crippen LogP contribution in [0.15, 0.2) is 11.6 Å². The van der Waals surface area contributed by atoms with Gasteiger partial charge in [0.2, 0.25) is 6.43 Å². The van der Waals surface area contributed by atoms with Gasteiger partial charge in [-0.2, -0.15) is 0 Å². The normalized spacial score (nSPS) is 44.4. The number of rotatable bonds is 3. The molecular weight excluding hydrogens is 316 g/mol. The SMILES string of the molecule is CC1CCC(C2CC=C(C3CC(F)C(C(F)F)C(F)C3)CC2)CC1. The summed E-state index contributed by atoms with van der Waals surface area (Å²) in [6.07, 6.45) is 4.32. The topological polar surface area (TPSA) is 0 Å². The number of hydrogen-bond acceptors (Lipinski definition) is 0. The van der Waals surface area contributed by atoms with Crippen molar-refractivity contribution in [3.8, 4) is 0 Å². The van der Waals surface area contributed by atoms with E-state index in [0.717, 1.165) is 36.7 Å². The Bertz CT molecular complexity index is 427. The maximum atomic E-state index is 14.0. The maximum Gasteiger partial charge on any atom is 0.247 e. The van der Waals surface area contributed by atoms with Gasteiger partial charge >= 0.3 is 0 Å². The molecule has 3 aliphatic carbocycles. The summed E-state index contributed by atoms with van der Waals surface area (Å²) in [4.78, 5) is 0. The third-order valence-electron chi connectivity index (χ3n) is 6.88. The van der Waals surface area contributed by atoms with E-state index >= 15 is 0 Å². The number of alkyl halides is 4. The molecule has 0 spiro atoms. The van der Waals surface area contributed by atoms with Crippen molar-refractivity contribution in [3.63, 3.8) is 0 Å². The molecule has 3 aliphatic rings. The van der Waals surface area contributed by atoms with Crippen molar-refractivity contribution >= 4 is 0 Å². The van der Waals surface area contributed by atoms with Crippen LogP contribution < -0.4 is 0 Å². The highest BCUT2D eigenvalue weighted by molar-refractivity contribution is 5.14. The predicted molar refractivity (Wildman–Crippen MR) is 88.6 cm³/mol. The second-order valence-corrected chi connectivity index (χ2v) is 8.45. The van der Waals surface area contributed by atoms with Crippen molar-refractivity contribution in [2.75, 3.05) is 0 Å². The number of allylic oxidation sites excluding steroid dienone is 2. The Morgan fingerprint density at radius 3 is 2.04 bits per heavy atom. The minimum absolute atomic E-state index is 0.0763. The van der Waals surface area contributed by atoms with E-state index in [1.54, 1.807) is 0 Å². The van der Waals surface area contributed by atoms with E-state index in [1.807, 2.05) is 0 Å². The highest BCUT2D eigenvalue weighted by Crippen LogP contribution is 2.45. The monoisotopic (exact) mass is 346 g/mol. The summed E-state index contributed by atoms with van der Waals surface area (Å²) in [5, 5.41) is 0. The van der Waals surface area contributed by atoms with Crippen LogP contribution in [0.1, 0.15) is 64.7 Å². The van der Waals surface area contributed by atoms with Gasteiger partial charge in [-0.15, -0.1) is 0 Å².